The minimum Gasteiger partial charge on any atom is -0.497 e. The minimum absolute atomic E-state index is 0.0653. The molecule has 0 aromatic heterocycles. The van der Waals surface area contributed by atoms with E-state index in [2.05, 4.69) is 27.9 Å². The summed E-state index contributed by atoms with van der Waals surface area (Å²) in [6, 6.07) is 13.2. The molecule has 126 valence electrons. The average molecular weight is 437 g/mol. The van der Waals surface area contributed by atoms with Crippen LogP contribution in [-0.2, 0) is 0 Å². The monoisotopic (exact) mass is 437 g/mol. The molecule has 1 N–H and O–H groups in total. The number of nitrogens with one attached hydrogen (secondary N) is 1. The third kappa shape index (κ3) is 3.50. The molecular weight excluding hydrogens is 417 g/mol. The van der Waals surface area contributed by atoms with E-state index in [9.17, 15) is 4.79 Å². The Labute approximate surface area is 155 Å². The molecule has 3 rings (SSSR count). The van der Waals surface area contributed by atoms with Gasteiger partial charge in [-0.25, -0.2) is 0 Å². The summed E-state index contributed by atoms with van der Waals surface area (Å²) in [4.78, 5) is 12.7. The largest absolute Gasteiger partial charge is 0.497 e. The number of rotatable bonds is 3. The first-order chi connectivity index (χ1) is 11.4. The van der Waals surface area contributed by atoms with Crippen LogP contribution in [0.15, 0.2) is 42.5 Å². The second-order valence-electron chi connectivity index (χ2n) is 6.48. The number of carbonyl (C=O) groups is 1. The molecule has 1 atom stereocenters. The van der Waals surface area contributed by atoms with Crippen molar-refractivity contribution in [1.29, 1.82) is 0 Å². The molecule has 0 unspecified atom stereocenters. The number of halogens is 1. The maximum atomic E-state index is 12.7. The van der Waals surface area contributed by atoms with Gasteiger partial charge < -0.3 is 14.8 Å². The Hall–Kier alpha value is -1.76. The van der Waals surface area contributed by atoms with Crippen LogP contribution in [0.3, 0.4) is 0 Å². The Morgan fingerprint density at radius 1 is 1.29 bits per heavy atom. The van der Waals surface area contributed by atoms with Gasteiger partial charge in [0.1, 0.15) is 17.1 Å². The molecule has 24 heavy (non-hydrogen) atoms. The predicted octanol–water partition coefficient (Wildman–Crippen LogP) is 4.33. The summed E-state index contributed by atoms with van der Waals surface area (Å²) < 4.78 is 12.3. The molecule has 0 radical (unpaired) electrons. The first-order valence-electron chi connectivity index (χ1n) is 7.82. The second kappa shape index (κ2) is 6.63. The van der Waals surface area contributed by atoms with Gasteiger partial charge in [-0.05, 0) is 60.7 Å². The summed E-state index contributed by atoms with van der Waals surface area (Å²) in [6.07, 6.45) is 0.710. The Kier molecular flexibility index (Phi) is 4.71. The molecule has 0 bridgehead atoms. The van der Waals surface area contributed by atoms with Crippen LogP contribution in [0.25, 0.3) is 0 Å². The highest BCUT2D eigenvalue weighted by Gasteiger charge is 2.35. The number of amides is 1. The molecule has 5 heteroatoms. The zero-order valence-corrected chi connectivity index (χ0v) is 16.1. The normalized spacial score (nSPS) is 18.2. The Morgan fingerprint density at radius 2 is 2.04 bits per heavy atom. The van der Waals surface area contributed by atoms with Gasteiger partial charge in [-0.15, -0.1) is 0 Å². The Morgan fingerprint density at radius 3 is 2.75 bits per heavy atom. The summed E-state index contributed by atoms with van der Waals surface area (Å²) in [7, 11) is 1.63. The topological polar surface area (TPSA) is 47.6 Å². The second-order valence-corrected chi connectivity index (χ2v) is 7.64. The third-order valence-corrected chi connectivity index (χ3v) is 5.04. The number of hydrogen-bond acceptors (Lipinski definition) is 3. The number of fused-ring (bicyclic) bond motifs is 1. The number of ether oxygens (including phenoxy) is 2. The van der Waals surface area contributed by atoms with Crippen LogP contribution in [0.2, 0.25) is 0 Å². The van der Waals surface area contributed by atoms with Gasteiger partial charge in [-0.1, -0.05) is 12.1 Å². The van der Waals surface area contributed by atoms with E-state index in [-0.39, 0.29) is 17.6 Å². The number of carbonyl (C=O) groups excluding carboxylic acids is 1. The van der Waals surface area contributed by atoms with Gasteiger partial charge in [-0.3, -0.25) is 4.79 Å². The summed E-state index contributed by atoms with van der Waals surface area (Å²) in [5.74, 6) is 1.44. The molecule has 1 amide bonds. The van der Waals surface area contributed by atoms with Gasteiger partial charge in [0, 0.05) is 21.6 Å². The molecule has 1 aliphatic rings. The smallest absolute Gasteiger partial charge is 0.252 e. The van der Waals surface area contributed by atoms with Crippen molar-refractivity contribution in [3.05, 3.63) is 57.2 Å². The molecule has 0 fully saturated rings. The van der Waals surface area contributed by atoms with E-state index in [1.807, 2.05) is 56.3 Å². The van der Waals surface area contributed by atoms with E-state index in [1.165, 1.54) is 0 Å². The molecule has 0 saturated heterocycles. The van der Waals surface area contributed by atoms with Crippen LogP contribution >= 0.6 is 22.6 Å². The van der Waals surface area contributed by atoms with Crippen molar-refractivity contribution < 1.29 is 14.3 Å². The molecule has 1 heterocycles. The molecule has 2 aromatic carbocycles. The van der Waals surface area contributed by atoms with E-state index >= 15 is 0 Å². The SMILES string of the molecule is COc1ccc2c(c1)OC(C)(C)C[C@@H]2NC(=O)c1ccccc1I. The van der Waals surface area contributed by atoms with Crippen LogP contribution in [0, 0.1) is 3.57 Å². The van der Waals surface area contributed by atoms with E-state index in [0.717, 1.165) is 20.6 Å². The van der Waals surface area contributed by atoms with Gasteiger partial charge in [0.05, 0.1) is 18.7 Å². The van der Waals surface area contributed by atoms with Crippen LogP contribution in [-0.4, -0.2) is 18.6 Å². The Balaban J connectivity index is 1.91. The molecule has 4 nitrogen and oxygen atoms in total. The standard InChI is InChI=1S/C19H20INO3/c1-19(2)11-16(14-9-8-12(23-3)10-17(14)24-19)21-18(22)13-6-4-5-7-15(13)20/h4-10,16H,11H2,1-3H3,(H,21,22)/t16-/m0/s1. The third-order valence-electron chi connectivity index (χ3n) is 4.10. The van der Waals surface area contributed by atoms with E-state index in [0.29, 0.717) is 12.0 Å². The van der Waals surface area contributed by atoms with Gasteiger partial charge in [0.15, 0.2) is 0 Å². The van der Waals surface area contributed by atoms with Crippen molar-refractivity contribution in [3.8, 4) is 11.5 Å². The molecule has 0 saturated carbocycles. The minimum atomic E-state index is -0.360. The quantitative estimate of drug-likeness (QED) is 0.728. The van der Waals surface area contributed by atoms with Crippen LogP contribution in [0.4, 0.5) is 0 Å². The van der Waals surface area contributed by atoms with Crippen molar-refractivity contribution in [2.75, 3.05) is 7.11 Å². The van der Waals surface area contributed by atoms with Gasteiger partial charge in [-0.2, -0.15) is 0 Å². The molecular formula is C19H20INO3. The summed E-state index contributed by atoms with van der Waals surface area (Å²) in [5.41, 5.74) is 1.31. The fraction of sp³-hybridized carbons (Fsp3) is 0.316. The van der Waals surface area contributed by atoms with Crippen molar-refractivity contribution >= 4 is 28.5 Å². The van der Waals surface area contributed by atoms with Crippen LogP contribution in [0.5, 0.6) is 11.5 Å². The summed E-state index contributed by atoms with van der Waals surface area (Å²) >= 11 is 2.18. The van der Waals surface area contributed by atoms with Gasteiger partial charge in [0.25, 0.3) is 5.91 Å². The van der Waals surface area contributed by atoms with Gasteiger partial charge in [0.2, 0.25) is 0 Å². The summed E-state index contributed by atoms with van der Waals surface area (Å²) in [6.45, 7) is 4.06. The van der Waals surface area contributed by atoms with Crippen molar-refractivity contribution in [1.82, 2.24) is 5.32 Å². The highest BCUT2D eigenvalue weighted by atomic mass is 127. The number of benzene rings is 2. The lowest BCUT2D eigenvalue weighted by atomic mass is 9.89. The lowest BCUT2D eigenvalue weighted by molar-refractivity contribution is 0.0617. The lowest BCUT2D eigenvalue weighted by Gasteiger charge is -2.38. The zero-order valence-electron chi connectivity index (χ0n) is 13.9. The van der Waals surface area contributed by atoms with E-state index in [4.69, 9.17) is 9.47 Å². The van der Waals surface area contributed by atoms with Crippen molar-refractivity contribution in [2.45, 2.75) is 31.9 Å². The van der Waals surface area contributed by atoms with Gasteiger partial charge >= 0.3 is 0 Å². The fourth-order valence-electron chi connectivity index (χ4n) is 2.97. The van der Waals surface area contributed by atoms with Crippen LogP contribution < -0.4 is 14.8 Å². The van der Waals surface area contributed by atoms with E-state index < -0.39 is 0 Å². The lowest BCUT2D eigenvalue weighted by Crippen LogP contribution is -2.41. The number of hydrogen-bond donors (Lipinski definition) is 1. The summed E-state index contributed by atoms with van der Waals surface area (Å²) in [5, 5.41) is 3.16. The highest BCUT2D eigenvalue weighted by Crippen LogP contribution is 2.41. The highest BCUT2D eigenvalue weighted by molar-refractivity contribution is 14.1. The zero-order chi connectivity index (χ0) is 17.3. The maximum Gasteiger partial charge on any atom is 0.252 e. The maximum absolute atomic E-state index is 12.7. The molecule has 0 spiro atoms. The van der Waals surface area contributed by atoms with Crippen molar-refractivity contribution in [2.24, 2.45) is 0 Å². The first kappa shape index (κ1) is 17.1. The fourth-order valence-corrected chi connectivity index (χ4v) is 3.60. The first-order valence-corrected chi connectivity index (χ1v) is 8.90. The van der Waals surface area contributed by atoms with Crippen molar-refractivity contribution in [3.63, 3.8) is 0 Å². The van der Waals surface area contributed by atoms with Crippen LogP contribution in [0.1, 0.15) is 42.2 Å². The Bertz CT molecular complexity index is 773. The molecule has 1 aliphatic heterocycles. The average Bonchev–Trinajstić information content (AvgIpc) is 2.53. The van der Waals surface area contributed by atoms with E-state index in [1.54, 1.807) is 7.11 Å². The molecule has 0 aliphatic carbocycles. The molecule has 2 aromatic rings. The number of methoxy groups -OCH3 is 1. The predicted molar refractivity (Wildman–Crippen MR) is 102 cm³/mol.